The van der Waals surface area contributed by atoms with Crippen molar-refractivity contribution in [2.24, 2.45) is 5.92 Å². The van der Waals surface area contributed by atoms with Gasteiger partial charge in [-0.2, -0.15) is 5.26 Å². The molecule has 1 aliphatic heterocycles. The van der Waals surface area contributed by atoms with Gasteiger partial charge in [0.05, 0.1) is 11.8 Å². The topological polar surface area (TPSA) is 90.3 Å². The van der Waals surface area contributed by atoms with Gasteiger partial charge in [0.2, 0.25) is 5.91 Å². The fraction of sp³-hybridized carbons (Fsp3) is 0.367. The number of carbonyl (C=O) groups is 1. The van der Waals surface area contributed by atoms with Crippen molar-refractivity contribution in [3.8, 4) is 17.2 Å². The average molecular weight is 498 g/mol. The molecule has 7 heteroatoms. The lowest BCUT2D eigenvalue weighted by atomic mass is 10.0. The molecule has 2 aromatic carbocycles. The highest BCUT2D eigenvalue weighted by Gasteiger charge is 2.27. The zero-order chi connectivity index (χ0) is 26.0. The smallest absolute Gasteiger partial charge is 0.250 e. The quantitative estimate of drug-likeness (QED) is 0.406. The highest BCUT2D eigenvalue weighted by molar-refractivity contribution is 5.81. The number of hydrogen-bond acceptors (Lipinski definition) is 6. The molecule has 0 aliphatic carbocycles. The molecule has 0 radical (unpaired) electrons. The Bertz CT molecular complexity index is 1170. The third kappa shape index (κ3) is 7.16. The van der Waals surface area contributed by atoms with Gasteiger partial charge in [-0.1, -0.05) is 62.4 Å². The molecule has 192 valence electrons. The maximum Gasteiger partial charge on any atom is 0.250 e. The molecule has 1 aliphatic rings. The minimum Gasteiger partial charge on any atom is -0.369 e. The minimum absolute atomic E-state index is 0.0484. The van der Waals surface area contributed by atoms with E-state index in [1.54, 1.807) is 0 Å². The number of nitrogens with zero attached hydrogens (tertiary/aromatic N) is 3. The summed E-state index contributed by atoms with van der Waals surface area (Å²) in [5, 5.41) is 14.9. The van der Waals surface area contributed by atoms with Crippen molar-refractivity contribution in [1.29, 1.82) is 5.26 Å². The first-order valence-corrected chi connectivity index (χ1v) is 12.9. The number of rotatable bonds is 10. The van der Waals surface area contributed by atoms with Crippen LogP contribution in [0.1, 0.15) is 37.6 Å². The van der Waals surface area contributed by atoms with E-state index in [1.165, 1.54) is 5.69 Å². The SMILES string of the molecule is CC(C)C[C@H](OC(c1ccccc1)c1ccc(-c2ccc(N3CCNCC3)cc2)cn1)C(=O)NCC#N. The zero-order valence-electron chi connectivity index (χ0n) is 21.6. The van der Waals surface area contributed by atoms with Gasteiger partial charge in [-0.15, -0.1) is 0 Å². The number of piperazine rings is 1. The number of carbonyl (C=O) groups excluding carboxylic acids is 1. The molecule has 2 atom stereocenters. The lowest BCUT2D eigenvalue weighted by molar-refractivity contribution is -0.136. The summed E-state index contributed by atoms with van der Waals surface area (Å²) in [5.41, 5.74) is 5.01. The highest BCUT2D eigenvalue weighted by Crippen LogP contribution is 2.30. The summed E-state index contributed by atoms with van der Waals surface area (Å²) in [6.07, 6.45) is 1.19. The van der Waals surface area contributed by atoms with Crippen LogP contribution < -0.4 is 15.5 Å². The molecule has 0 bridgehead atoms. The molecular formula is C30H35N5O2. The Hall–Kier alpha value is -3.73. The van der Waals surface area contributed by atoms with E-state index < -0.39 is 12.2 Å². The Morgan fingerprint density at radius 2 is 1.76 bits per heavy atom. The van der Waals surface area contributed by atoms with Crippen molar-refractivity contribution in [3.05, 3.63) is 84.2 Å². The van der Waals surface area contributed by atoms with Gasteiger partial charge in [-0.05, 0) is 41.7 Å². The van der Waals surface area contributed by atoms with E-state index in [0.717, 1.165) is 48.6 Å². The highest BCUT2D eigenvalue weighted by atomic mass is 16.5. The number of nitriles is 1. The maximum atomic E-state index is 12.8. The van der Waals surface area contributed by atoms with E-state index in [0.29, 0.717) is 6.42 Å². The average Bonchev–Trinajstić information content (AvgIpc) is 2.95. The van der Waals surface area contributed by atoms with E-state index in [-0.39, 0.29) is 18.4 Å². The van der Waals surface area contributed by atoms with Crippen molar-refractivity contribution in [3.63, 3.8) is 0 Å². The standard InChI is InChI=1S/C30H35N5O2/c1-22(2)20-28(30(36)33-15-14-31)37-29(24-6-4-3-5-7-24)27-13-10-25(21-34-27)23-8-11-26(12-9-23)35-18-16-32-17-19-35/h3-13,21-22,28-29,32H,15-20H2,1-2H3,(H,33,36)/t28-,29?/m0/s1. The third-order valence-electron chi connectivity index (χ3n) is 6.46. The molecule has 37 heavy (non-hydrogen) atoms. The van der Waals surface area contributed by atoms with Gasteiger partial charge in [0.1, 0.15) is 18.8 Å². The third-order valence-corrected chi connectivity index (χ3v) is 6.46. The van der Waals surface area contributed by atoms with Gasteiger partial charge >= 0.3 is 0 Å². The van der Waals surface area contributed by atoms with E-state index in [4.69, 9.17) is 15.0 Å². The van der Waals surface area contributed by atoms with Crippen LogP contribution in [0.4, 0.5) is 5.69 Å². The first kappa shape index (κ1) is 26.3. The van der Waals surface area contributed by atoms with Crippen molar-refractivity contribution in [2.75, 3.05) is 37.6 Å². The monoisotopic (exact) mass is 497 g/mol. The molecule has 0 spiro atoms. The molecule has 1 saturated heterocycles. The zero-order valence-corrected chi connectivity index (χ0v) is 21.6. The van der Waals surface area contributed by atoms with Gasteiger partial charge in [-0.25, -0.2) is 0 Å². The Balaban J connectivity index is 1.56. The van der Waals surface area contributed by atoms with Crippen LogP contribution in [-0.4, -0.2) is 49.7 Å². The molecule has 7 nitrogen and oxygen atoms in total. The summed E-state index contributed by atoms with van der Waals surface area (Å²) in [4.78, 5) is 20.0. The van der Waals surface area contributed by atoms with Crippen LogP contribution in [0.15, 0.2) is 72.9 Å². The molecule has 2 heterocycles. The number of ether oxygens (including phenoxy) is 1. The first-order chi connectivity index (χ1) is 18.0. The Morgan fingerprint density at radius 1 is 1.05 bits per heavy atom. The fourth-order valence-corrected chi connectivity index (χ4v) is 4.52. The predicted octanol–water partition coefficient (Wildman–Crippen LogP) is 4.32. The van der Waals surface area contributed by atoms with E-state index in [1.807, 2.05) is 62.5 Å². The second-order valence-electron chi connectivity index (χ2n) is 9.68. The second-order valence-corrected chi connectivity index (χ2v) is 9.68. The summed E-state index contributed by atoms with van der Waals surface area (Å²) in [6.45, 7) is 8.10. The largest absolute Gasteiger partial charge is 0.369 e. The lowest BCUT2D eigenvalue weighted by Crippen LogP contribution is -2.43. The summed E-state index contributed by atoms with van der Waals surface area (Å²) in [5.74, 6) is -0.0360. The van der Waals surface area contributed by atoms with Crippen LogP contribution in [0.25, 0.3) is 11.1 Å². The summed E-state index contributed by atoms with van der Waals surface area (Å²) < 4.78 is 6.43. The molecule has 1 aromatic heterocycles. The van der Waals surface area contributed by atoms with Crippen LogP contribution >= 0.6 is 0 Å². The summed E-state index contributed by atoms with van der Waals surface area (Å²) in [6, 6.07) is 24.4. The Morgan fingerprint density at radius 3 is 2.38 bits per heavy atom. The van der Waals surface area contributed by atoms with Crippen LogP contribution in [0.2, 0.25) is 0 Å². The van der Waals surface area contributed by atoms with E-state index >= 15 is 0 Å². The predicted molar refractivity (Wildman–Crippen MR) is 146 cm³/mol. The molecule has 0 saturated carbocycles. The van der Waals surface area contributed by atoms with Crippen molar-refractivity contribution < 1.29 is 9.53 Å². The van der Waals surface area contributed by atoms with Crippen LogP contribution in [0.5, 0.6) is 0 Å². The number of amides is 1. The minimum atomic E-state index is -0.697. The van der Waals surface area contributed by atoms with Crippen LogP contribution in [0.3, 0.4) is 0 Å². The Labute approximate surface area is 219 Å². The van der Waals surface area contributed by atoms with Crippen LogP contribution in [-0.2, 0) is 9.53 Å². The van der Waals surface area contributed by atoms with Gasteiger partial charge in [0.15, 0.2) is 0 Å². The van der Waals surface area contributed by atoms with E-state index in [9.17, 15) is 4.79 Å². The fourth-order valence-electron chi connectivity index (χ4n) is 4.52. The van der Waals surface area contributed by atoms with Gasteiger partial charge in [0.25, 0.3) is 0 Å². The molecule has 3 aromatic rings. The van der Waals surface area contributed by atoms with Crippen molar-refractivity contribution in [1.82, 2.24) is 15.6 Å². The molecule has 1 unspecified atom stereocenters. The normalized spacial score (nSPS) is 15.1. The molecule has 4 rings (SSSR count). The lowest BCUT2D eigenvalue weighted by Gasteiger charge is -2.29. The van der Waals surface area contributed by atoms with Gasteiger partial charge < -0.3 is 20.3 Å². The Kier molecular flexibility index (Phi) is 9.25. The number of anilines is 1. The number of benzene rings is 2. The number of hydrogen-bond donors (Lipinski definition) is 2. The summed E-state index contributed by atoms with van der Waals surface area (Å²) in [7, 11) is 0. The van der Waals surface area contributed by atoms with Crippen LogP contribution in [0, 0.1) is 17.2 Å². The van der Waals surface area contributed by atoms with Crippen molar-refractivity contribution >= 4 is 11.6 Å². The van der Waals surface area contributed by atoms with Gasteiger partial charge in [-0.3, -0.25) is 9.78 Å². The molecular weight excluding hydrogens is 462 g/mol. The van der Waals surface area contributed by atoms with Crippen molar-refractivity contribution in [2.45, 2.75) is 32.5 Å². The second kappa shape index (κ2) is 13.0. The first-order valence-electron chi connectivity index (χ1n) is 12.9. The molecule has 1 amide bonds. The number of aromatic nitrogens is 1. The number of pyridine rings is 1. The molecule has 2 N–H and O–H groups in total. The van der Waals surface area contributed by atoms with E-state index in [2.05, 4.69) is 45.9 Å². The number of nitrogens with one attached hydrogen (secondary N) is 2. The summed E-state index contributed by atoms with van der Waals surface area (Å²) >= 11 is 0. The van der Waals surface area contributed by atoms with Gasteiger partial charge in [0, 0.05) is 43.6 Å². The maximum absolute atomic E-state index is 12.8. The molecule has 1 fully saturated rings.